The first-order valence-electron chi connectivity index (χ1n) is 13.2. The number of hydrogen-bond donors (Lipinski definition) is 1. The van der Waals surface area contributed by atoms with Crippen LogP contribution in [-0.2, 0) is 17.6 Å². The summed E-state index contributed by atoms with van der Waals surface area (Å²) in [5.41, 5.74) is 3.82. The highest BCUT2D eigenvalue weighted by Crippen LogP contribution is 2.39. The minimum Gasteiger partial charge on any atom is -0.302 e. The second-order valence-corrected chi connectivity index (χ2v) is 11.3. The number of carbonyl (C=O) groups is 1. The normalized spacial score (nSPS) is 18.1. The molecule has 3 aromatic rings. The molecule has 3 aliphatic rings. The van der Waals surface area contributed by atoms with Gasteiger partial charge < -0.3 is 10.2 Å². The molecule has 6 rings (SSSR count). The zero-order chi connectivity index (χ0) is 25.4. The number of aromatic nitrogens is 3. The number of fused-ring (bicyclic) bond motifs is 3. The van der Waals surface area contributed by atoms with E-state index in [1.807, 2.05) is 0 Å². The topological polar surface area (TPSA) is 71.0 Å². The number of likely N-dealkylation sites (tertiary alicyclic amines) is 1. The first-order valence-corrected chi connectivity index (χ1v) is 14.0. The average Bonchev–Trinajstić information content (AvgIpc) is 3.58. The van der Waals surface area contributed by atoms with E-state index in [0.717, 1.165) is 72.2 Å². The van der Waals surface area contributed by atoms with Gasteiger partial charge in [0.2, 0.25) is 5.91 Å². The lowest BCUT2D eigenvalue weighted by atomic mass is 9.95. The van der Waals surface area contributed by atoms with E-state index in [0.29, 0.717) is 22.4 Å². The zero-order valence-electron chi connectivity index (χ0n) is 21.0. The lowest BCUT2D eigenvalue weighted by Crippen LogP contribution is -2.39. The maximum absolute atomic E-state index is 14.9. The van der Waals surface area contributed by atoms with E-state index in [1.54, 1.807) is 18.3 Å². The van der Waals surface area contributed by atoms with Crippen LogP contribution < -0.4 is 5.32 Å². The Hall–Kier alpha value is -3.15. The number of halogens is 1. The first kappa shape index (κ1) is 24.2. The second-order valence-electron chi connectivity index (χ2n) is 10.3. The Balaban J connectivity index is 1.22. The molecule has 1 N–H and O–H groups in total. The van der Waals surface area contributed by atoms with Crippen LogP contribution in [0.1, 0.15) is 62.3 Å². The highest BCUT2D eigenvalue weighted by molar-refractivity contribution is 7.19. The SMILES string of the molecule is CC(=O)Nc1nc2c(s1)-c1nc(-c3cc(C#CC4CCN(C5CCCC5)CC4)ccc3F)ncc1CC2. The van der Waals surface area contributed by atoms with Crippen LogP contribution in [-0.4, -0.2) is 44.9 Å². The smallest absolute Gasteiger partial charge is 0.223 e. The summed E-state index contributed by atoms with van der Waals surface area (Å²) < 4.78 is 14.9. The highest BCUT2D eigenvalue weighted by Gasteiger charge is 2.27. The van der Waals surface area contributed by atoms with Gasteiger partial charge in [0, 0.05) is 30.6 Å². The van der Waals surface area contributed by atoms with Crippen molar-refractivity contribution in [2.75, 3.05) is 18.4 Å². The summed E-state index contributed by atoms with van der Waals surface area (Å²) in [5.74, 6) is 6.94. The zero-order valence-corrected chi connectivity index (χ0v) is 21.8. The number of anilines is 1. The fourth-order valence-electron chi connectivity index (χ4n) is 5.72. The van der Waals surface area contributed by atoms with Gasteiger partial charge in [-0.3, -0.25) is 4.79 Å². The first-order chi connectivity index (χ1) is 18.0. The van der Waals surface area contributed by atoms with E-state index >= 15 is 0 Å². The van der Waals surface area contributed by atoms with Crippen LogP contribution in [0.5, 0.6) is 0 Å². The van der Waals surface area contributed by atoms with Crippen LogP contribution in [0.15, 0.2) is 24.4 Å². The maximum Gasteiger partial charge on any atom is 0.223 e. The summed E-state index contributed by atoms with van der Waals surface area (Å²) in [6, 6.07) is 5.73. The van der Waals surface area contributed by atoms with Gasteiger partial charge in [-0.2, -0.15) is 0 Å². The Kier molecular flexibility index (Phi) is 6.74. The number of thiazole rings is 1. The van der Waals surface area contributed by atoms with Crippen molar-refractivity contribution < 1.29 is 9.18 Å². The summed E-state index contributed by atoms with van der Waals surface area (Å²) in [6.45, 7) is 3.72. The third-order valence-electron chi connectivity index (χ3n) is 7.69. The van der Waals surface area contributed by atoms with E-state index < -0.39 is 0 Å². The van der Waals surface area contributed by atoms with Crippen molar-refractivity contribution in [2.24, 2.45) is 5.92 Å². The molecule has 190 valence electrons. The lowest BCUT2D eigenvalue weighted by Gasteiger charge is -2.34. The minimum absolute atomic E-state index is 0.158. The molecular weight excluding hydrogens is 485 g/mol. The van der Waals surface area contributed by atoms with Gasteiger partial charge in [-0.15, -0.1) is 0 Å². The number of benzene rings is 1. The molecule has 0 spiro atoms. The largest absolute Gasteiger partial charge is 0.302 e. The number of amides is 1. The van der Waals surface area contributed by atoms with Crippen LogP contribution in [0, 0.1) is 23.6 Å². The van der Waals surface area contributed by atoms with Gasteiger partial charge in [-0.05, 0) is 75.4 Å². The fraction of sp³-hybridized carbons (Fsp3) is 0.448. The molecule has 2 aliphatic carbocycles. The monoisotopic (exact) mass is 515 g/mol. The molecule has 0 unspecified atom stereocenters. The van der Waals surface area contributed by atoms with Crippen molar-refractivity contribution in [3.63, 3.8) is 0 Å². The minimum atomic E-state index is -0.366. The van der Waals surface area contributed by atoms with Crippen LogP contribution in [0.4, 0.5) is 9.52 Å². The van der Waals surface area contributed by atoms with Crippen LogP contribution in [0.2, 0.25) is 0 Å². The Morgan fingerprint density at radius 2 is 1.95 bits per heavy atom. The molecule has 1 aliphatic heterocycles. The summed E-state index contributed by atoms with van der Waals surface area (Å²) in [7, 11) is 0. The van der Waals surface area contributed by atoms with Crippen LogP contribution in [0.25, 0.3) is 22.0 Å². The van der Waals surface area contributed by atoms with Crippen molar-refractivity contribution in [1.29, 1.82) is 0 Å². The van der Waals surface area contributed by atoms with Gasteiger partial charge in [0.25, 0.3) is 0 Å². The predicted molar refractivity (Wildman–Crippen MR) is 144 cm³/mol. The molecule has 1 amide bonds. The summed E-state index contributed by atoms with van der Waals surface area (Å²) in [6.07, 6.45) is 10.9. The molecular formula is C29H30FN5OS. The third-order valence-corrected chi connectivity index (χ3v) is 8.71. The van der Waals surface area contributed by atoms with Gasteiger partial charge >= 0.3 is 0 Å². The predicted octanol–water partition coefficient (Wildman–Crippen LogP) is 5.47. The number of rotatable bonds is 3. The average molecular weight is 516 g/mol. The van der Waals surface area contributed by atoms with Crippen molar-refractivity contribution in [2.45, 2.75) is 64.3 Å². The van der Waals surface area contributed by atoms with E-state index in [-0.39, 0.29) is 11.7 Å². The molecule has 6 nitrogen and oxygen atoms in total. The maximum atomic E-state index is 14.9. The quantitative estimate of drug-likeness (QED) is 0.469. The van der Waals surface area contributed by atoms with E-state index in [1.165, 1.54) is 50.0 Å². The molecule has 2 aromatic heterocycles. The lowest BCUT2D eigenvalue weighted by molar-refractivity contribution is -0.114. The number of aryl methyl sites for hydroxylation is 2. The molecule has 1 saturated carbocycles. The summed E-state index contributed by atoms with van der Waals surface area (Å²) >= 11 is 1.40. The van der Waals surface area contributed by atoms with Gasteiger partial charge in [0.15, 0.2) is 11.0 Å². The molecule has 1 saturated heterocycles. The van der Waals surface area contributed by atoms with Gasteiger partial charge in [0.05, 0.1) is 21.8 Å². The van der Waals surface area contributed by atoms with E-state index in [4.69, 9.17) is 4.98 Å². The number of nitrogens with one attached hydrogen (secondary N) is 1. The Morgan fingerprint density at radius 1 is 1.14 bits per heavy atom. The molecule has 37 heavy (non-hydrogen) atoms. The molecule has 8 heteroatoms. The molecule has 0 bridgehead atoms. The van der Waals surface area contributed by atoms with Gasteiger partial charge in [0.1, 0.15) is 5.82 Å². The van der Waals surface area contributed by atoms with Crippen molar-refractivity contribution in [1.82, 2.24) is 19.9 Å². The molecule has 2 fully saturated rings. The van der Waals surface area contributed by atoms with Crippen LogP contribution >= 0.6 is 11.3 Å². The number of nitrogens with zero attached hydrogens (tertiary/aromatic N) is 4. The molecule has 0 atom stereocenters. The molecule has 3 heterocycles. The Labute approximate surface area is 220 Å². The van der Waals surface area contributed by atoms with Crippen LogP contribution in [0.3, 0.4) is 0 Å². The van der Waals surface area contributed by atoms with Crippen molar-refractivity contribution in [3.05, 3.63) is 47.0 Å². The second kappa shape index (κ2) is 10.3. The Morgan fingerprint density at radius 3 is 2.73 bits per heavy atom. The molecule has 1 aromatic carbocycles. The van der Waals surface area contributed by atoms with Crippen molar-refractivity contribution >= 4 is 22.4 Å². The number of piperidine rings is 1. The number of carbonyl (C=O) groups excluding carboxylic acids is 1. The van der Waals surface area contributed by atoms with E-state index in [9.17, 15) is 9.18 Å². The standard InChI is InChI=1S/C29H30FN5OS/c1-18(36)32-29-33-25-11-9-21-17-31-28(34-26(21)27(25)37-29)23-16-20(8-10-24(23)30)7-6-19-12-14-35(15-13-19)22-4-2-3-5-22/h8,10,16-17,19,22H,2-5,9,11-15H2,1H3,(H,32,33,36). The fourth-order valence-corrected chi connectivity index (χ4v) is 6.80. The Bertz CT molecular complexity index is 1390. The molecule has 0 radical (unpaired) electrons. The van der Waals surface area contributed by atoms with Gasteiger partial charge in [-0.25, -0.2) is 19.3 Å². The number of hydrogen-bond acceptors (Lipinski definition) is 6. The van der Waals surface area contributed by atoms with Crippen molar-refractivity contribution in [3.8, 4) is 33.8 Å². The summed E-state index contributed by atoms with van der Waals surface area (Å²) in [4.78, 5) is 28.9. The summed E-state index contributed by atoms with van der Waals surface area (Å²) in [5, 5.41) is 3.32. The highest BCUT2D eigenvalue weighted by atomic mass is 32.1. The van der Waals surface area contributed by atoms with Gasteiger partial charge in [-0.1, -0.05) is 36.0 Å². The van der Waals surface area contributed by atoms with E-state index in [2.05, 4.69) is 32.0 Å². The third kappa shape index (κ3) is 5.16.